The molecule has 10 nitrogen and oxygen atoms in total. The highest BCUT2D eigenvalue weighted by atomic mass is 16.9. The van der Waals surface area contributed by atoms with E-state index in [1.54, 1.807) is 39.0 Å². The van der Waals surface area contributed by atoms with Gasteiger partial charge >= 0.3 is 11.9 Å². The van der Waals surface area contributed by atoms with Crippen molar-refractivity contribution < 1.29 is 48.6 Å². The first-order chi connectivity index (χ1) is 18.9. The molecule has 3 aliphatic carbocycles. The van der Waals surface area contributed by atoms with Gasteiger partial charge in [-0.25, -0.2) is 0 Å². The molecule has 3 heterocycles. The van der Waals surface area contributed by atoms with Gasteiger partial charge in [0.05, 0.1) is 12.2 Å². The second-order valence-corrected chi connectivity index (χ2v) is 12.2. The largest absolute Gasteiger partial charge is 0.458 e. The molecule has 12 atom stereocenters. The maximum absolute atomic E-state index is 13.7. The molecule has 0 amide bonds. The lowest BCUT2D eigenvalue weighted by Gasteiger charge is -2.61. The number of Topliss-reactive ketones (excluding diaryl/α,β-unsaturated/α-hetero) is 1. The number of carbonyl (C=O) groups is 2. The topological polar surface area (TPSA) is 144 Å². The van der Waals surface area contributed by atoms with E-state index in [0.29, 0.717) is 11.1 Å². The zero-order valence-corrected chi connectivity index (χ0v) is 22.8. The molecule has 3 aliphatic heterocycles. The third kappa shape index (κ3) is 2.65. The number of benzene rings is 1. The van der Waals surface area contributed by atoms with Crippen LogP contribution >= 0.6 is 0 Å². The monoisotopic (exact) mass is 554 g/mol. The van der Waals surface area contributed by atoms with E-state index in [2.05, 4.69) is 6.58 Å². The highest BCUT2D eigenvalue weighted by Crippen LogP contribution is 2.74. The Balaban J connectivity index is 1.56. The Morgan fingerprint density at radius 1 is 1.15 bits per heavy atom. The number of hydrogen-bond acceptors (Lipinski definition) is 10. The number of epoxide rings is 1. The minimum absolute atomic E-state index is 0.102. The lowest BCUT2D eigenvalue weighted by atomic mass is 9.53. The Kier molecular flexibility index (Phi) is 5.22. The van der Waals surface area contributed by atoms with Crippen LogP contribution in [-0.2, 0) is 39.2 Å². The predicted octanol–water partition coefficient (Wildman–Crippen LogP) is 1.26. The van der Waals surface area contributed by atoms with Crippen LogP contribution in [0.5, 0.6) is 0 Å². The van der Waals surface area contributed by atoms with Crippen molar-refractivity contribution in [2.45, 2.75) is 86.9 Å². The van der Waals surface area contributed by atoms with Gasteiger partial charge in [-0.3, -0.25) is 9.59 Å². The number of aliphatic hydroxyl groups is 3. The van der Waals surface area contributed by atoms with E-state index < -0.39 is 88.9 Å². The van der Waals surface area contributed by atoms with Crippen LogP contribution in [0.1, 0.15) is 39.7 Å². The van der Waals surface area contributed by atoms with Crippen molar-refractivity contribution in [3.8, 4) is 0 Å². The summed E-state index contributed by atoms with van der Waals surface area (Å²) in [7, 11) is 0. The molecule has 0 unspecified atom stereocenters. The first kappa shape index (κ1) is 26.5. The molecule has 7 rings (SSSR count). The third-order valence-corrected chi connectivity index (χ3v) is 10.4. The molecule has 2 saturated carbocycles. The first-order valence-electron chi connectivity index (χ1n) is 13.8. The minimum Gasteiger partial charge on any atom is -0.458 e. The molecule has 6 aliphatic rings. The molecule has 1 aromatic rings. The maximum Gasteiger partial charge on any atom is 0.314 e. The fraction of sp³-hybridized carbons (Fsp3) is 0.600. The second kappa shape index (κ2) is 7.89. The Bertz CT molecular complexity index is 1360. The molecule has 1 aromatic carbocycles. The highest BCUT2D eigenvalue weighted by molar-refractivity contribution is 6.05. The Labute approximate surface area is 231 Å². The van der Waals surface area contributed by atoms with Gasteiger partial charge in [0, 0.05) is 29.7 Å². The summed E-state index contributed by atoms with van der Waals surface area (Å²) < 4.78 is 32.8. The zero-order chi connectivity index (χ0) is 28.6. The number of carbonyl (C=O) groups excluding carboxylic acids is 2. The van der Waals surface area contributed by atoms with Gasteiger partial charge in [-0.1, -0.05) is 56.8 Å². The van der Waals surface area contributed by atoms with Crippen LogP contribution in [0, 0.1) is 17.8 Å². The molecule has 3 bridgehead atoms. The van der Waals surface area contributed by atoms with E-state index in [4.69, 9.17) is 23.7 Å². The summed E-state index contributed by atoms with van der Waals surface area (Å²) in [6.45, 7) is 10.5. The summed E-state index contributed by atoms with van der Waals surface area (Å²) in [5.41, 5.74) is -5.64. The van der Waals surface area contributed by atoms with Gasteiger partial charge in [0.2, 0.25) is 0 Å². The van der Waals surface area contributed by atoms with Crippen molar-refractivity contribution in [2.24, 2.45) is 17.8 Å². The van der Waals surface area contributed by atoms with E-state index in [9.17, 15) is 24.9 Å². The van der Waals surface area contributed by atoms with Crippen molar-refractivity contribution in [1.82, 2.24) is 0 Å². The van der Waals surface area contributed by atoms with Crippen LogP contribution in [0.15, 0.2) is 54.1 Å². The van der Waals surface area contributed by atoms with Crippen molar-refractivity contribution >= 4 is 11.8 Å². The molecular formula is C30H34O10. The van der Waals surface area contributed by atoms with Gasteiger partial charge in [0.15, 0.2) is 17.0 Å². The van der Waals surface area contributed by atoms with E-state index in [1.807, 2.05) is 25.1 Å². The van der Waals surface area contributed by atoms with Gasteiger partial charge in [-0.05, 0) is 25.0 Å². The summed E-state index contributed by atoms with van der Waals surface area (Å²) >= 11 is 0. The molecule has 214 valence electrons. The summed E-state index contributed by atoms with van der Waals surface area (Å²) in [5, 5.41) is 34.5. The third-order valence-electron chi connectivity index (χ3n) is 10.4. The van der Waals surface area contributed by atoms with E-state index in [1.165, 1.54) is 0 Å². The lowest BCUT2D eigenvalue weighted by molar-refractivity contribution is -0.440. The van der Waals surface area contributed by atoms with Crippen LogP contribution in [0.4, 0.5) is 0 Å². The fourth-order valence-electron chi connectivity index (χ4n) is 8.53. The molecule has 3 saturated heterocycles. The number of esters is 1. The van der Waals surface area contributed by atoms with Crippen molar-refractivity contribution in [1.29, 1.82) is 0 Å². The smallest absolute Gasteiger partial charge is 0.314 e. The molecule has 0 aromatic heterocycles. The number of aliphatic hydroxyl groups excluding tert-OH is 2. The van der Waals surface area contributed by atoms with Gasteiger partial charge < -0.3 is 39.0 Å². The summed E-state index contributed by atoms with van der Waals surface area (Å²) in [6.07, 6.45) is -2.79. The molecule has 0 spiro atoms. The van der Waals surface area contributed by atoms with Crippen LogP contribution in [0.25, 0.3) is 0 Å². The first-order valence-corrected chi connectivity index (χ1v) is 13.8. The number of rotatable bonds is 5. The van der Waals surface area contributed by atoms with Gasteiger partial charge in [0.25, 0.3) is 0 Å². The van der Waals surface area contributed by atoms with E-state index >= 15 is 0 Å². The second-order valence-electron chi connectivity index (χ2n) is 12.2. The van der Waals surface area contributed by atoms with Crippen molar-refractivity contribution in [3.63, 3.8) is 0 Å². The molecular weight excluding hydrogens is 520 g/mol. The SMILES string of the molecule is C=C(C)[C@]12O[C@]3(c4ccccc4)O[C@H]1[C@H]1[C@H]4O[C@@]4(CO)[C@H](O)[C@@]4(O)C(=O)C(C)=C[C@@H]4[C@]1(O3)[C@@H](C)[C@@H]2OC(=O)CC. The average molecular weight is 555 g/mol. The van der Waals surface area contributed by atoms with Crippen LogP contribution in [-0.4, -0.2) is 80.5 Å². The van der Waals surface area contributed by atoms with Crippen LogP contribution < -0.4 is 0 Å². The molecule has 5 fully saturated rings. The van der Waals surface area contributed by atoms with Crippen molar-refractivity contribution in [2.75, 3.05) is 6.61 Å². The van der Waals surface area contributed by atoms with Crippen LogP contribution in [0.3, 0.4) is 0 Å². The lowest BCUT2D eigenvalue weighted by Crippen LogP contribution is -2.76. The van der Waals surface area contributed by atoms with Crippen molar-refractivity contribution in [3.05, 3.63) is 59.7 Å². The van der Waals surface area contributed by atoms with Gasteiger partial charge in [0.1, 0.15) is 30.0 Å². The summed E-state index contributed by atoms with van der Waals surface area (Å²) in [6, 6.07) is 9.02. The zero-order valence-electron chi connectivity index (χ0n) is 22.8. The molecule has 0 radical (unpaired) electrons. The van der Waals surface area contributed by atoms with E-state index in [0.717, 1.165) is 0 Å². The molecule has 40 heavy (non-hydrogen) atoms. The normalized spacial score (nSPS) is 51.3. The number of ether oxygens (including phenoxy) is 5. The number of fused-ring (bicyclic) bond motifs is 3. The molecule has 3 N–H and O–H groups in total. The Morgan fingerprint density at radius 3 is 2.48 bits per heavy atom. The standard InChI is InChI=1S/C30H34O10/c1-6-19(32)36-22-16(5)29-18-12-15(4)21(33)27(18,35)25(34)26(13-31)23(37-26)20(29)24-28(22,14(2)3)39-30(38-24,40-29)17-10-8-7-9-11-17/h7-12,16,18,20,22-25,31,34-35H,2,6,13H2,1,3-5H3/t16-,18-,20+,22-,23+,24-,25-,26+,27-,28+,29+,30-/m0/s1. The average Bonchev–Trinajstić information content (AvgIpc) is 3.57. The molecule has 10 heteroatoms. The van der Waals surface area contributed by atoms with Gasteiger partial charge in [-0.2, -0.15) is 0 Å². The Morgan fingerprint density at radius 2 is 1.85 bits per heavy atom. The number of hydrogen-bond donors (Lipinski definition) is 3. The quantitative estimate of drug-likeness (QED) is 0.276. The highest BCUT2D eigenvalue weighted by Gasteiger charge is 2.90. The fourth-order valence-corrected chi connectivity index (χ4v) is 8.53. The number of ketones is 1. The van der Waals surface area contributed by atoms with Crippen LogP contribution in [0.2, 0.25) is 0 Å². The van der Waals surface area contributed by atoms with Gasteiger partial charge in [-0.15, -0.1) is 0 Å². The minimum atomic E-state index is -2.39. The Hall–Kier alpha value is -2.44. The summed E-state index contributed by atoms with van der Waals surface area (Å²) in [5.74, 6) is -5.55. The predicted molar refractivity (Wildman–Crippen MR) is 136 cm³/mol. The van der Waals surface area contributed by atoms with E-state index in [-0.39, 0.29) is 12.0 Å². The summed E-state index contributed by atoms with van der Waals surface area (Å²) in [4.78, 5) is 26.6. The maximum atomic E-state index is 13.7.